The van der Waals surface area contributed by atoms with Gasteiger partial charge in [-0.2, -0.15) is 5.26 Å². The molecule has 0 saturated heterocycles. The van der Waals surface area contributed by atoms with E-state index in [9.17, 15) is 4.39 Å². The van der Waals surface area contributed by atoms with Crippen molar-refractivity contribution in [3.05, 3.63) is 34.9 Å². The highest BCUT2D eigenvalue weighted by atomic mass is 35.5. The minimum Gasteiger partial charge on any atom is -0.494 e. The zero-order valence-corrected chi connectivity index (χ0v) is 10.3. The first-order chi connectivity index (χ1) is 8.65. The van der Waals surface area contributed by atoms with Gasteiger partial charge in [0.25, 0.3) is 0 Å². The van der Waals surface area contributed by atoms with Gasteiger partial charge < -0.3 is 9.72 Å². The minimum absolute atomic E-state index is 0.129. The van der Waals surface area contributed by atoms with E-state index < -0.39 is 5.82 Å². The van der Waals surface area contributed by atoms with E-state index in [0.29, 0.717) is 17.1 Å². The van der Waals surface area contributed by atoms with E-state index in [0.717, 1.165) is 0 Å². The van der Waals surface area contributed by atoms with Crippen molar-refractivity contribution in [3.63, 3.8) is 0 Å². The number of methoxy groups -OCH3 is 1. The Bertz CT molecular complexity index is 618. The number of rotatable bonds is 3. The van der Waals surface area contributed by atoms with E-state index in [-0.39, 0.29) is 17.3 Å². The number of aromatic nitrogens is 2. The first-order valence-electron chi connectivity index (χ1n) is 5.11. The van der Waals surface area contributed by atoms with Gasteiger partial charge in [0.1, 0.15) is 5.82 Å². The third-order valence-corrected chi connectivity index (χ3v) is 2.72. The van der Waals surface area contributed by atoms with Crippen LogP contribution in [0.2, 0.25) is 5.15 Å². The molecule has 2 aromatic rings. The van der Waals surface area contributed by atoms with Crippen LogP contribution in [-0.4, -0.2) is 17.1 Å². The second-order valence-corrected chi connectivity index (χ2v) is 3.90. The minimum atomic E-state index is -0.482. The average molecular weight is 266 g/mol. The molecule has 0 aliphatic heterocycles. The average Bonchev–Trinajstić information content (AvgIpc) is 2.71. The van der Waals surface area contributed by atoms with Crippen molar-refractivity contribution in [1.29, 1.82) is 5.26 Å². The fourth-order valence-electron chi connectivity index (χ4n) is 1.53. The molecule has 4 nitrogen and oxygen atoms in total. The monoisotopic (exact) mass is 265 g/mol. The number of H-pyrrole nitrogens is 1. The van der Waals surface area contributed by atoms with Gasteiger partial charge in [-0.1, -0.05) is 11.6 Å². The Labute approximate surface area is 108 Å². The summed E-state index contributed by atoms with van der Waals surface area (Å²) in [4.78, 5) is 6.94. The smallest absolute Gasteiger partial charge is 0.165 e. The number of hydrogen-bond donors (Lipinski definition) is 1. The topological polar surface area (TPSA) is 61.7 Å². The van der Waals surface area contributed by atoms with E-state index >= 15 is 0 Å². The molecule has 0 saturated carbocycles. The molecule has 92 valence electrons. The van der Waals surface area contributed by atoms with Gasteiger partial charge in [0, 0.05) is 5.56 Å². The summed E-state index contributed by atoms with van der Waals surface area (Å²) in [6.07, 6.45) is 0.129. The molecule has 1 N–H and O–H groups in total. The van der Waals surface area contributed by atoms with Crippen LogP contribution >= 0.6 is 11.6 Å². The zero-order chi connectivity index (χ0) is 13.1. The van der Waals surface area contributed by atoms with E-state index in [1.165, 1.54) is 19.2 Å². The molecule has 0 fully saturated rings. The number of halogens is 2. The molecule has 18 heavy (non-hydrogen) atoms. The fraction of sp³-hybridized carbons (Fsp3) is 0.167. The van der Waals surface area contributed by atoms with Gasteiger partial charge in [-0.3, -0.25) is 0 Å². The molecule has 0 unspecified atom stereocenters. The summed E-state index contributed by atoms with van der Waals surface area (Å²) in [5.74, 6) is 0.102. The first kappa shape index (κ1) is 12.4. The number of nitriles is 1. The highest BCUT2D eigenvalue weighted by molar-refractivity contribution is 6.30. The summed E-state index contributed by atoms with van der Waals surface area (Å²) in [6, 6.07) is 6.43. The van der Waals surface area contributed by atoms with Crippen molar-refractivity contribution in [1.82, 2.24) is 9.97 Å². The molecule has 1 heterocycles. The number of benzene rings is 1. The number of imidazole rings is 1. The lowest BCUT2D eigenvalue weighted by atomic mass is 10.2. The van der Waals surface area contributed by atoms with Crippen LogP contribution < -0.4 is 4.74 Å². The quantitative estimate of drug-likeness (QED) is 0.928. The van der Waals surface area contributed by atoms with Crippen molar-refractivity contribution in [3.8, 4) is 23.2 Å². The summed E-state index contributed by atoms with van der Waals surface area (Å²) in [5.41, 5.74) is 1.06. The van der Waals surface area contributed by atoms with Crippen molar-refractivity contribution in [2.24, 2.45) is 0 Å². The third-order valence-electron chi connectivity index (χ3n) is 2.41. The van der Waals surface area contributed by atoms with Crippen LogP contribution in [0.15, 0.2) is 18.2 Å². The van der Waals surface area contributed by atoms with Crippen LogP contribution in [0.5, 0.6) is 5.75 Å². The van der Waals surface area contributed by atoms with Gasteiger partial charge in [0.2, 0.25) is 0 Å². The predicted molar refractivity (Wildman–Crippen MR) is 64.9 cm³/mol. The van der Waals surface area contributed by atoms with Crippen LogP contribution in [0, 0.1) is 17.1 Å². The zero-order valence-electron chi connectivity index (χ0n) is 9.50. The van der Waals surface area contributed by atoms with Crippen molar-refractivity contribution < 1.29 is 9.13 Å². The normalized spacial score (nSPS) is 10.1. The van der Waals surface area contributed by atoms with Crippen LogP contribution in [0.3, 0.4) is 0 Å². The second kappa shape index (κ2) is 5.07. The van der Waals surface area contributed by atoms with Gasteiger partial charge in [-0.05, 0) is 18.2 Å². The lowest BCUT2D eigenvalue weighted by Crippen LogP contribution is -1.89. The maximum absolute atomic E-state index is 13.5. The molecule has 6 heteroatoms. The Balaban J connectivity index is 2.40. The molecule has 1 aromatic heterocycles. The fourth-order valence-corrected chi connectivity index (χ4v) is 1.73. The Morgan fingerprint density at radius 1 is 1.56 bits per heavy atom. The van der Waals surface area contributed by atoms with Crippen molar-refractivity contribution in [2.75, 3.05) is 7.11 Å². The number of nitrogens with one attached hydrogen (secondary N) is 1. The summed E-state index contributed by atoms with van der Waals surface area (Å²) in [5, 5.41) is 8.83. The van der Waals surface area contributed by atoms with Gasteiger partial charge in [0.15, 0.2) is 16.7 Å². The van der Waals surface area contributed by atoms with Crippen molar-refractivity contribution >= 4 is 11.6 Å². The van der Waals surface area contributed by atoms with E-state index in [2.05, 4.69) is 9.97 Å². The lowest BCUT2D eigenvalue weighted by molar-refractivity contribution is 0.386. The lowest BCUT2D eigenvalue weighted by Gasteiger charge is -2.02. The van der Waals surface area contributed by atoms with Crippen LogP contribution in [-0.2, 0) is 6.42 Å². The van der Waals surface area contributed by atoms with Gasteiger partial charge in [-0.15, -0.1) is 0 Å². The van der Waals surface area contributed by atoms with E-state index in [4.69, 9.17) is 21.6 Å². The van der Waals surface area contributed by atoms with Crippen LogP contribution in [0.25, 0.3) is 11.4 Å². The van der Waals surface area contributed by atoms with Gasteiger partial charge in [-0.25, -0.2) is 9.37 Å². The largest absolute Gasteiger partial charge is 0.494 e. The van der Waals surface area contributed by atoms with Gasteiger partial charge >= 0.3 is 0 Å². The SMILES string of the molecule is COc1ccc(-c2nc(Cl)c(CC#N)[nH]2)cc1F. The molecule has 0 amide bonds. The first-order valence-corrected chi connectivity index (χ1v) is 5.48. The van der Waals surface area contributed by atoms with Crippen LogP contribution in [0.1, 0.15) is 5.69 Å². The van der Waals surface area contributed by atoms with Gasteiger partial charge in [0.05, 0.1) is 25.3 Å². The maximum atomic E-state index is 13.5. The van der Waals surface area contributed by atoms with Crippen LogP contribution in [0.4, 0.5) is 4.39 Å². The Hall–Kier alpha value is -2.06. The van der Waals surface area contributed by atoms with E-state index in [1.807, 2.05) is 6.07 Å². The number of aromatic amines is 1. The molecule has 0 spiro atoms. The molecule has 0 bridgehead atoms. The molecular formula is C12H9ClFN3O. The molecule has 0 radical (unpaired) electrons. The Morgan fingerprint density at radius 2 is 2.33 bits per heavy atom. The molecular weight excluding hydrogens is 257 g/mol. The number of ether oxygens (including phenoxy) is 1. The summed E-state index contributed by atoms with van der Waals surface area (Å²) in [6.45, 7) is 0. The molecule has 0 aliphatic carbocycles. The number of nitrogens with zero attached hydrogens (tertiary/aromatic N) is 2. The molecule has 1 aromatic carbocycles. The molecule has 0 atom stereocenters. The van der Waals surface area contributed by atoms with Crippen molar-refractivity contribution in [2.45, 2.75) is 6.42 Å². The summed E-state index contributed by atoms with van der Waals surface area (Å²) in [7, 11) is 1.40. The molecule has 0 aliphatic rings. The highest BCUT2D eigenvalue weighted by Crippen LogP contribution is 2.26. The predicted octanol–water partition coefficient (Wildman–Crippen LogP) is 2.94. The maximum Gasteiger partial charge on any atom is 0.165 e. The Morgan fingerprint density at radius 3 is 2.94 bits per heavy atom. The standard InChI is InChI=1S/C12H9ClFN3O/c1-18-10-3-2-7(6-8(10)14)12-16-9(4-5-15)11(13)17-12/h2-3,6H,4H2,1H3,(H,16,17). The second-order valence-electron chi connectivity index (χ2n) is 3.54. The highest BCUT2D eigenvalue weighted by Gasteiger charge is 2.11. The van der Waals surface area contributed by atoms with E-state index in [1.54, 1.807) is 6.07 Å². The summed E-state index contributed by atoms with van der Waals surface area (Å²) >= 11 is 5.86. The summed E-state index contributed by atoms with van der Waals surface area (Å²) < 4.78 is 18.4. The Kier molecular flexibility index (Phi) is 3.49. The molecule has 2 rings (SSSR count). The third kappa shape index (κ3) is 2.29. The number of hydrogen-bond acceptors (Lipinski definition) is 3.